The Morgan fingerprint density at radius 3 is 2.85 bits per heavy atom. The molecular weight excluding hydrogens is 318 g/mol. The molecule has 0 bridgehead atoms. The van der Waals surface area contributed by atoms with E-state index in [4.69, 9.17) is 4.74 Å². The van der Waals surface area contributed by atoms with Crippen molar-refractivity contribution in [1.29, 1.82) is 0 Å². The van der Waals surface area contributed by atoms with Crippen LogP contribution in [0.3, 0.4) is 0 Å². The van der Waals surface area contributed by atoms with Gasteiger partial charge in [-0.05, 0) is 32.0 Å². The molecular formula is C15H22BrN3O. The Kier molecular flexibility index (Phi) is 4.61. The average Bonchev–Trinajstić information content (AvgIpc) is 2.63. The van der Waals surface area contributed by atoms with E-state index in [2.05, 4.69) is 56.5 Å². The van der Waals surface area contributed by atoms with Gasteiger partial charge in [0.1, 0.15) is 5.75 Å². The summed E-state index contributed by atoms with van der Waals surface area (Å²) in [6.07, 6.45) is 2.22. The van der Waals surface area contributed by atoms with E-state index in [0.717, 1.165) is 55.8 Å². The molecule has 0 aromatic heterocycles. The topological polar surface area (TPSA) is 27.7 Å². The number of benzene rings is 1. The number of hydrazine groups is 1. The largest absolute Gasteiger partial charge is 0.493 e. The predicted octanol–water partition coefficient (Wildman–Crippen LogP) is 2.41. The van der Waals surface area contributed by atoms with Gasteiger partial charge in [0.15, 0.2) is 0 Å². The van der Waals surface area contributed by atoms with Crippen LogP contribution in [0.1, 0.15) is 24.4 Å². The molecule has 3 rings (SSSR count). The summed E-state index contributed by atoms with van der Waals surface area (Å²) in [5.41, 5.74) is 4.99. The van der Waals surface area contributed by atoms with Crippen LogP contribution in [0.25, 0.3) is 0 Å². The van der Waals surface area contributed by atoms with Crippen LogP contribution in [0.15, 0.2) is 22.7 Å². The molecule has 0 saturated carbocycles. The SMILES string of the molecule is CN1CCN(NC2CCCOc3cc(Br)ccc32)CC1. The van der Waals surface area contributed by atoms with Crippen molar-refractivity contribution in [3.63, 3.8) is 0 Å². The highest BCUT2D eigenvalue weighted by Crippen LogP contribution is 2.33. The van der Waals surface area contributed by atoms with Crippen LogP contribution in [0, 0.1) is 0 Å². The normalized spacial score (nSPS) is 24.8. The van der Waals surface area contributed by atoms with Crippen molar-refractivity contribution in [2.45, 2.75) is 18.9 Å². The van der Waals surface area contributed by atoms with Crippen LogP contribution in [-0.4, -0.2) is 49.7 Å². The number of hydrogen-bond acceptors (Lipinski definition) is 4. The molecule has 0 aliphatic carbocycles. The van der Waals surface area contributed by atoms with Crippen molar-refractivity contribution in [1.82, 2.24) is 15.3 Å². The Labute approximate surface area is 129 Å². The molecule has 1 unspecified atom stereocenters. The standard InChI is InChI=1S/C15H22BrN3O/c1-18-6-8-19(9-7-18)17-14-3-2-10-20-15-11-12(16)4-5-13(14)15/h4-5,11,14,17H,2-3,6-10H2,1H3. The van der Waals surface area contributed by atoms with Gasteiger partial charge in [-0.1, -0.05) is 22.0 Å². The highest BCUT2D eigenvalue weighted by molar-refractivity contribution is 9.10. The summed E-state index contributed by atoms with van der Waals surface area (Å²) in [7, 11) is 2.18. The summed E-state index contributed by atoms with van der Waals surface area (Å²) in [5, 5.41) is 2.36. The van der Waals surface area contributed by atoms with Crippen LogP contribution >= 0.6 is 15.9 Å². The van der Waals surface area contributed by atoms with E-state index in [1.165, 1.54) is 5.56 Å². The maximum atomic E-state index is 5.87. The minimum Gasteiger partial charge on any atom is -0.493 e. The van der Waals surface area contributed by atoms with Gasteiger partial charge in [-0.15, -0.1) is 0 Å². The Morgan fingerprint density at radius 1 is 1.25 bits per heavy atom. The molecule has 1 aromatic carbocycles. The van der Waals surface area contributed by atoms with Crippen LogP contribution in [0.2, 0.25) is 0 Å². The van der Waals surface area contributed by atoms with Crippen LogP contribution in [-0.2, 0) is 0 Å². The smallest absolute Gasteiger partial charge is 0.125 e. The Hall–Kier alpha value is -0.620. The maximum Gasteiger partial charge on any atom is 0.125 e. The number of likely N-dealkylation sites (N-methyl/N-ethyl adjacent to an activating group) is 1. The lowest BCUT2D eigenvalue weighted by Gasteiger charge is -2.35. The van der Waals surface area contributed by atoms with Crippen LogP contribution in [0.5, 0.6) is 5.75 Å². The second-order valence-corrected chi connectivity index (χ2v) is 6.56. The second kappa shape index (κ2) is 6.43. The van der Waals surface area contributed by atoms with Crippen molar-refractivity contribution in [2.24, 2.45) is 0 Å². The first-order valence-corrected chi connectivity index (χ1v) is 8.13. The molecule has 1 aromatic rings. The number of rotatable bonds is 2. The molecule has 5 heteroatoms. The molecule has 1 fully saturated rings. The minimum absolute atomic E-state index is 0.365. The number of nitrogens with one attached hydrogen (secondary N) is 1. The van der Waals surface area contributed by atoms with Gasteiger partial charge in [-0.25, -0.2) is 10.4 Å². The Morgan fingerprint density at radius 2 is 2.05 bits per heavy atom. The summed E-state index contributed by atoms with van der Waals surface area (Å²) in [6.45, 7) is 5.23. The molecule has 4 nitrogen and oxygen atoms in total. The first-order chi connectivity index (χ1) is 9.72. The lowest BCUT2D eigenvalue weighted by molar-refractivity contribution is 0.0848. The third-order valence-corrected chi connectivity index (χ3v) is 4.58. The predicted molar refractivity (Wildman–Crippen MR) is 83.8 cm³/mol. The summed E-state index contributed by atoms with van der Waals surface area (Å²) in [4.78, 5) is 2.37. The number of halogens is 1. The van der Waals surface area contributed by atoms with Crippen molar-refractivity contribution >= 4 is 15.9 Å². The Bertz CT molecular complexity index is 460. The summed E-state index contributed by atoms with van der Waals surface area (Å²) >= 11 is 3.52. The number of ether oxygens (including phenoxy) is 1. The van der Waals surface area contributed by atoms with Crippen LogP contribution < -0.4 is 10.2 Å². The maximum absolute atomic E-state index is 5.87. The van der Waals surface area contributed by atoms with Crippen LogP contribution in [0.4, 0.5) is 0 Å². The molecule has 1 N–H and O–H groups in total. The second-order valence-electron chi connectivity index (χ2n) is 5.64. The van der Waals surface area contributed by atoms with Gasteiger partial charge in [0.2, 0.25) is 0 Å². The molecule has 110 valence electrons. The number of fused-ring (bicyclic) bond motifs is 1. The Balaban J connectivity index is 1.73. The lowest BCUT2D eigenvalue weighted by Crippen LogP contribution is -2.51. The minimum atomic E-state index is 0.365. The fraction of sp³-hybridized carbons (Fsp3) is 0.600. The molecule has 2 aliphatic rings. The zero-order chi connectivity index (χ0) is 13.9. The monoisotopic (exact) mass is 339 g/mol. The highest BCUT2D eigenvalue weighted by atomic mass is 79.9. The third-order valence-electron chi connectivity index (χ3n) is 4.09. The van der Waals surface area contributed by atoms with Gasteiger partial charge in [-0.2, -0.15) is 0 Å². The highest BCUT2D eigenvalue weighted by Gasteiger charge is 2.23. The fourth-order valence-corrected chi connectivity index (χ4v) is 3.18. The first-order valence-electron chi connectivity index (χ1n) is 7.34. The quantitative estimate of drug-likeness (QED) is 0.895. The van der Waals surface area contributed by atoms with Crippen molar-refractivity contribution in [3.05, 3.63) is 28.2 Å². The average molecular weight is 340 g/mol. The summed E-state index contributed by atoms with van der Waals surface area (Å²) in [5.74, 6) is 1.02. The van der Waals surface area contributed by atoms with Crippen molar-refractivity contribution < 1.29 is 4.74 Å². The van der Waals surface area contributed by atoms with Crippen molar-refractivity contribution in [3.8, 4) is 5.75 Å². The molecule has 0 radical (unpaired) electrons. The fourth-order valence-electron chi connectivity index (χ4n) is 2.84. The van der Waals surface area contributed by atoms with E-state index in [0.29, 0.717) is 6.04 Å². The number of hydrogen-bond donors (Lipinski definition) is 1. The van der Waals surface area contributed by atoms with Gasteiger partial charge >= 0.3 is 0 Å². The zero-order valence-electron chi connectivity index (χ0n) is 11.9. The van der Waals surface area contributed by atoms with E-state index in [9.17, 15) is 0 Å². The molecule has 1 saturated heterocycles. The van der Waals surface area contributed by atoms with Crippen molar-refractivity contribution in [2.75, 3.05) is 39.8 Å². The molecule has 2 heterocycles. The van der Waals surface area contributed by atoms with Gasteiger partial charge in [0, 0.05) is 36.2 Å². The van der Waals surface area contributed by atoms with Gasteiger partial charge in [-0.3, -0.25) is 0 Å². The number of nitrogens with zero attached hydrogens (tertiary/aromatic N) is 2. The zero-order valence-corrected chi connectivity index (χ0v) is 13.5. The molecule has 20 heavy (non-hydrogen) atoms. The molecule has 2 aliphatic heterocycles. The van der Waals surface area contributed by atoms with Gasteiger partial charge < -0.3 is 9.64 Å². The van der Waals surface area contributed by atoms with E-state index < -0.39 is 0 Å². The van der Waals surface area contributed by atoms with Gasteiger partial charge in [0.25, 0.3) is 0 Å². The van der Waals surface area contributed by atoms with E-state index >= 15 is 0 Å². The van der Waals surface area contributed by atoms with E-state index in [1.54, 1.807) is 0 Å². The van der Waals surface area contributed by atoms with E-state index in [-0.39, 0.29) is 0 Å². The summed E-state index contributed by atoms with van der Waals surface area (Å²) < 4.78 is 6.95. The lowest BCUT2D eigenvalue weighted by atomic mass is 10.0. The molecule has 1 atom stereocenters. The third kappa shape index (κ3) is 3.34. The number of piperazine rings is 1. The van der Waals surface area contributed by atoms with Gasteiger partial charge in [0.05, 0.1) is 12.6 Å². The first kappa shape index (κ1) is 14.3. The summed E-state index contributed by atoms with van der Waals surface area (Å²) in [6, 6.07) is 6.73. The molecule has 0 amide bonds. The molecule has 0 spiro atoms. The van der Waals surface area contributed by atoms with E-state index in [1.807, 2.05) is 0 Å².